The molecule has 0 spiro atoms. The van der Waals surface area contributed by atoms with Gasteiger partial charge in [-0.25, -0.2) is 0 Å². The summed E-state index contributed by atoms with van der Waals surface area (Å²) in [6, 6.07) is 10.2. The number of para-hydroxylation sites is 1. The zero-order chi connectivity index (χ0) is 20.3. The van der Waals surface area contributed by atoms with Crippen molar-refractivity contribution in [2.24, 2.45) is 0 Å². The minimum atomic E-state index is -1.84. The second kappa shape index (κ2) is 6.67. The first-order valence-corrected chi connectivity index (χ1v) is 13.1. The van der Waals surface area contributed by atoms with Crippen molar-refractivity contribution in [1.29, 1.82) is 0 Å². The molecule has 2 aromatic rings. The van der Waals surface area contributed by atoms with E-state index in [1.54, 1.807) is 0 Å². The molecule has 28 heavy (non-hydrogen) atoms. The Kier molecular flexibility index (Phi) is 4.79. The third-order valence-electron chi connectivity index (χ3n) is 6.46. The zero-order valence-electron chi connectivity index (χ0n) is 18.0. The second-order valence-electron chi connectivity index (χ2n) is 10.1. The van der Waals surface area contributed by atoms with E-state index < -0.39 is 14.1 Å². The van der Waals surface area contributed by atoms with Crippen LogP contribution < -0.4 is 5.32 Å². The van der Waals surface area contributed by atoms with Crippen LogP contribution in [0.5, 0.6) is 0 Å². The van der Waals surface area contributed by atoms with Crippen molar-refractivity contribution in [2.75, 3.05) is 6.61 Å². The van der Waals surface area contributed by atoms with Crippen molar-refractivity contribution in [2.45, 2.75) is 82.8 Å². The Hall–Kier alpha value is -1.18. The van der Waals surface area contributed by atoms with Gasteiger partial charge in [-0.15, -0.1) is 0 Å². The lowest BCUT2D eigenvalue weighted by Crippen LogP contribution is -2.47. The van der Waals surface area contributed by atoms with Crippen molar-refractivity contribution >= 4 is 19.3 Å². The molecule has 0 saturated carbocycles. The third-order valence-corrected chi connectivity index (χ3v) is 11.0. The Balaban J connectivity index is 1.57. The summed E-state index contributed by atoms with van der Waals surface area (Å²) >= 11 is 0. The highest BCUT2D eigenvalue weighted by molar-refractivity contribution is 6.74. The number of nitrogens with one attached hydrogen (secondary N) is 1. The number of hydrogen-bond donors (Lipinski definition) is 1. The lowest BCUT2D eigenvalue weighted by molar-refractivity contribution is -0.158. The zero-order valence-corrected chi connectivity index (χ0v) is 19.0. The molecule has 0 amide bonds. The van der Waals surface area contributed by atoms with Gasteiger partial charge >= 0.3 is 0 Å². The standard InChI is InChI=1S/C22H33NO4Si/c1-21(2,3)28(6,7)24-13-15-19-20(27-22(4,5)26-19)18(23-15)17-12-14-10-8-9-11-16(14)25-17/h8-12,15,18-20,23H,13H2,1-7H3/t15-,18+,19-,20+/m1/s1. The van der Waals surface area contributed by atoms with Crippen LogP contribution in [0.4, 0.5) is 0 Å². The fourth-order valence-electron chi connectivity index (χ4n) is 3.86. The van der Waals surface area contributed by atoms with Crippen LogP contribution in [-0.4, -0.2) is 39.0 Å². The van der Waals surface area contributed by atoms with Gasteiger partial charge in [0.15, 0.2) is 14.1 Å². The van der Waals surface area contributed by atoms with Crippen LogP contribution in [0.3, 0.4) is 0 Å². The lowest BCUT2D eigenvalue weighted by atomic mass is 10.1. The van der Waals surface area contributed by atoms with Gasteiger partial charge in [-0.2, -0.15) is 0 Å². The topological polar surface area (TPSA) is 52.9 Å². The van der Waals surface area contributed by atoms with E-state index in [0.717, 1.165) is 16.7 Å². The Morgan fingerprint density at radius 2 is 1.79 bits per heavy atom. The van der Waals surface area contributed by atoms with E-state index in [0.29, 0.717) is 6.61 Å². The Labute approximate surface area is 168 Å². The lowest BCUT2D eigenvalue weighted by Gasteiger charge is -2.37. The molecule has 1 N–H and O–H groups in total. The first kappa shape index (κ1) is 20.1. The summed E-state index contributed by atoms with van der Waals surface area (Å²) in [4.78, 5) is 0. The summed E-state index contributed by atoms with van der Waals surface area (Å²) in [7, 11) is -1.84. The molecule has 2 aliphatic rings. The monoisotopic (exact) mass is 403 g/mol. The number of furan rings is 1. The van der Waals surface area contributed by atoms with Crippen molar-refractivity contribution in [1.82, 2.24) is 5.32 Å². The summed E-state index contributed by atoms with van der Waals surface area (Å²) in [6.07, 6.45) is -0.151. The highest BCUT2D eigenvalue weighted by Crippen LogP contribution is 2.43. The number of benzene rings is 1. The predicted molar refractivity (Wildman–Crippen MR) is 113 cm³/mol. The smallest absolute Gasteiger partial charge is 0.192 e. The van der Waals surface area contributed by atoms with Gasteiger partial charge in [-0.1, -0.05) is 39.0 Å². The Morgan fingerprint density at radius 3 is 2.46 bits per heavy atom. The van der Waals surface area contributed by atoms with E-state index in [1.807, 2.05) is 32.0 Å². The van der Waals surface area contributed by atoms with E-state index in [9.17, 15) is 0 Å². The van der Waals surface area contributed by atoms with Gasteiger partial charge < -0.3 is 18.3 Å². The highest BCUT2D eigenvalue weighted by Gasteiger charge is 2.55. The molecule has 4 rings (SSSR count). The van der Waals surface area contributed by atoms with Crippen molar-refractivity contribution in [3.8, 4) is 0 Å². The average Bonchev–Trinajstić information content (AvgIpc) is 3.22. The summed E-state index contributed by atoms with van der Waals surface area (Å²) in [6.45, 7) is 15.9. The van der Waals surface area contributed by atoms with Gasteiger partial charge in [0.05, 0.1) is 18.7 Å². The molecular weight excluding hydrogens is 370 g/mol. The summed E-state index contributed by atoms with van der Waals surface area (Å²) in [5, 5.41) is 4.97. The Bertz CT molecular complexity index is 821. The Morgan fingerprint density at radius 1 is 1.11 bits per heavy atom. The van der Waals surface area contributed by atoms with Crippen molar-refractivity contribution < 1.29 is 18.3 Å². The molecular formula is C22H33NO4Si. The van der Waals surface area contributed by atoms with Crippen LogP contribution in [0.1, 0.15) is 46.4 Å². The molecule has 0 bridgehead atoms. The normalized spacial score (nSPS) is 30.1. The molecule has 2 aliphatic heterocycles. The highest BCUT2D eigenvalue weighted by atomic mass is 28.4. The molecule has 0 aliphatic carbocycles. The van der Waals surface area contributed by atoms with E-state index >= 15 is 0 Å². The maximum Gasteiger partial charge on any atom is 0.192 e. The molecule has 0 unspecified atom stereocenters. The molecule has 1 aromatic heterocycles. The van der Waals surface area contributed by atoms with Crippen LogP contribution in [-0.2, 0) is 13.9 Å². The van der Waals surface area contributed by atoms with Gasteiger partial charge in [0.25, 0.3) is 0 Å². The molecule has 4 atom stereocenters. The second-order valence-corrected chi connectivity index (χ2v) is 14.9. The number of ether oxygens (including phenoxy) is 2. The predicted octanol–water partition coefficient (Wildman–Crippen LogP) is 4.99. The summed E-state index contributed by atoms with van der Waals surface area (Å²) in [5.74, 6) is 0.295. The van der Waals surface area contributed by atoms with Gasteiger partial charge in [0.1, 0.15) is 23.6 Å². The van der Waals surface area contributed by atoms with Crippen LogP contribution in [0.15, 0.2) is 34.7 Å². The molecule has 1 aromatic carbocycles. The van der Waals surface area contributed by atoms with E-state index in [4.69, 9.17) is 18.3 Å². The van der Waals surface area contributed by atoms with Crippen LogP contribution in [0, 0.1) is 0 Å². The van der Waals surface area contributed by atoms with Crippen molar-refractivity contribution in [3.05, 3.63) is 36.1 Å². The fourth-order valence-corrected chi connectivity index (χ4v) is 4.89. The van der Waals surface area contributed by atoms with Crippen LogP contribution in [0.2, 0.25) is 18.1 Å². The maximum absolute atomic E-state index is 6.51. The van der Waals surface area contributed by atoms with Crippen molar-refractivity contribution in [3.63, 3.8) is 0 Å². The number of hydrogen-bond acceptors (Lipinski definition) is 5. The van der Waals surface area contributed by atoms with Gasteiger partial charge in [0, 0.05) is 5.39 Å². The van der Waals surface area contributed by atoms with E-state index in [2.05, 4.69) is 51.3 Å². The summed E-state index contributed by atoms with van der Waals surface area (Å²) < 4.78 is 25.2. The van der Waals surface area contributed by atoms with Gasteiger partial charge in [0.2, 0.25) is 0 Å². The number of fused-ring (bicyclic) bond motifs is 2. The fraction of sp³-hybridized carbons (Fsp3) is 0.636. The molecule has 2 fully saturated rings. The van der Waals surface area contributed by atoms with Gasteiger partial charge in [-0.3, -0.25) is 5.32 Å². The van der Waals surface area contributed by atoms with Crippen LogP contribution >= 0.6 is 0 Å². The first-order chi connectivity index (χ1) is 13.0. The first-order valence-electron chi connectivity index (χ1n) is 10.2. The molecule has 154 valence electrons. The van der Waals surface area contributed by atoms with E-state index in [-0.39, 0.29) is 29.3 Å². The third kappa shape index (κ3) is 3.57. The molecule has 0 radical (unpaired) electrons. The quantitative estimate of drug-likeness (QED) is 0.729. The average molecular weight is 404 g/mol. The SMILES string of the molecule is CC1(C)O[C@@H]2[C@H](O1)[C@@H](CO[Si](C)(C)C(C)(C)C)N[C@H]2c1cc2ccccc2o1. The number of rotatable bonds is 4. The largest absolute Gasteiger partial charge is 0.459 e. The molecule has 6 heteroatoms. The van der Waals surface area contributed by atoms with Crippen LogP contribution in [0.25, 0.3) is 11.0 Å². The van der Waals surface area contributed by atoms with Gasteiger partial charge in [-0.05, 0) is 44.1 Å². The molecule has 3 heterocycles. The summed E-state index contributed by atoms with van der Waals surface area (Å²) in [5.41, 5.74) is 0.898. The molecule has 2 saturated heterocycles. The molecule has 5 nitrogen and oxygen atoms in total. The maximum atomic E-state index is 6.51. The minimum absolute atomic E-state index is 0.0489. The van der Waals surface area contributed by atoms with E-state index in [1.165, 1.54) is 0 Å². The minimum Gasteiger partial charge on any atom is -0.459 e.